The summed E-state index contributed by atoms with van der Waals surface area (Å²) < 4.78 is 7.30. The first-order valence-corrected chi connectivity index (χ1v) is 8.82. The molecule has 0 spiro atoms. The predicted molar refractivity (Wildman–Crippen MR) is 93.3 cm³/mol. The smallest absolute Gasteiger partial charge is 0.262 e. The largest absolute Gasteiger partial charge is 0.376 e. The summed E-state index contributed by atoms with van der Waals surface area (Å²) in [6.45, 7) is 1.35. The van der Waals surface area contributed by atoms with Gasteiger partial charge in [0.05, 0.1) is 24.4 Å². The maximum absolute atomic E-state index is 12.9. The molecule has 0 bridgehead atoms. The van der Waals surface area contributed by atoms with E-state index in [2.05, 4.69) is 4.98 Å². The Morgan fingerprint density at radius 3 is 2.91 bits per heavy atom. The molecule has 0 saturated carbocycles. The van der Waals surface area contributed by atoms with Gasteiger partial charge in [0.1, 0.15) is 4.83 Å². The van der Waals surface area contributed by atoms with Crippen molar-refractivity contribution >= 4 is 33.2 Å². The summed E-state index contributed by atoms with van der Waals surface area (Å²) in [4.78, 5) is 18.1. The van der Waals surface area contributed by atoms with E-state index in [4.69, 9.17) is 16.3 Å². The van der Waals surface area contributed by atoms with Crippen LogP contribution in [-0.2, 0) is 11.3 Å². The maximum Gasteiger partial charge on any atom is 0.262 e. The molecule has 0 aliphatic carbocycles. The van der Waals surface area contributed by atoms with Gasteiger partial charge in [-0.25, -0.2) is 4.98 Å². The molecule has 0 radical (unpaired) electrons. The Hall–Kier alpha value is -1.69. The van der Waals surface area contributed by atoms with Crippen LogP contribution in [0, 0.1) is 0 Å². The third-order valence-electron chi connectivity index (χ3n) is 4.14. The second-order valence-corrected chi connectivity index (χ2v) is 6.97. The Labute approximate surface area is 142 Å². The number of fused-ring (bicyclic) bond motifs is 1. The van der Waals surface area contributed by atoms with Crippen LogP contribution in [0.2, 0.25) is 5.02 Å². The van der Waals surface area contributed by atoms with Crippen molar-refractivity contribution < 1.29 is 4.74 Å². The molecule has 23 heavy (non-hydrogen) atoms. The van der Waals surface area contributed by atoms with Gasteiger partial charge in [0, 0.05) is 22.6 Å². The number of thiophene rings is 1. The van der Waals surface area contributed by atoms with Gasteiger partial charge in [-0.3, -0.25) is 9.36 Å². The van der Waals surface area contributed by atoms with Gasteiger partial charge in [-0.05, 0) is 30.5 Å². The van der Waals surface area contributed by atoms with Crippen LogP contribution in [0.5, 0.6) is 0 Å². The fourth-order valence-corrected chi connectivity index (χ4v) is 3.98. The van der Waals surface area contributed by atoms with E-state index >= 15 is 0 Å². The SMILES string of the molecule is O=c1c2c(-c3ccc(Cl)cc3)csc2ncn1CC1CCCO1. The van der Waals surface area contributed by atoms with E-state index in [-0.39, 0.29) is 11.7 Å². The molecule has 1 aliphatic rings. The number of hydrogen-bond acceptors (Lipinski definition) is 4. The number of rotatable bonds is 3. The summed E-state index contributed by atoms with van der Waals surface area (Å²) in [5.74, 6) is 0. The molecule has 3 aromatic rings. The van der Waals surface area contributed by atoms with Crippen molar-refractivity contribution in [1.82, 2.24) is 9.55 Å². The van der Waals surface area contributed by atoms with E-state index in [1.807, 2.05) is 29.6 Å². The van der Waals surface area contributed by atoms with Crippen LogP contribution in [0.15, 0.2) is 40.8 Å². The Kier molecular flexibility index (Phi) is 3.93. The first-order chi connectivity index (χ1) is 11.2. The monoisotopic (exact) mass is 346 g/mol. The Morgan fingerprint density at radius 2 is 2.17 bits per heavy atom. The number of halogens is 1. The lowest BCUT2D eigenvalue weighted by atomic mass is 10.1. The molecule has 1 aliphatic heterocycles. The normalized spacial score (nSPS) is 17.9. The first kappa shape index (κ1) is 14.9. The maximum atomic E-state index is 12.9. The zero-order chi connectivity index (χ0) is 15.8. The molecule has 1 fully saturated rings. The fourth-order valence-electron chi connectivity index (χ4n) is 2.95. The summed E-state index contributed by atoms with van der Waals surface area (Å²) in [5, 5.41) is 3.35. The van der Waals surface area contributed by atoms with Crippen molar-refractivity contribution in [2.75, 3.05) is 6.61 Å². The molecule has 6 heteroatoms. The van der Waals surface area contributed by atoms with Gasteiger partial charge in [-0.15, -0.1) is 11.3 Å². The zero-order valence-corrected chi connectivity index (χ0v) is 13.9. The minimum absolute atomic E-state index is 0.00306. The summed E-state index contributed by atoms with van der Waals surface area (Å²) in [6, 6.07) is 7.53. The molecule has 1 atom stereocenters. The van der Waals surface area contributed by atoms with Crippen molar-refractivity contribution in [3.8, 4) is 11.1 Å². The van der Waals surface area contributed by atoms with Gasteiger partial charge < -0.3 is 4.74 Å². The van der Waals surface area contributed by atoms with Gasteiger partial charge >= 0.3 is 0 Å². The van der Waals surface area contributed by atoms with E-state index in [9.17, 15) is 4.79 Å². The van der Waals surface area contributed by atoms with Crippen molar-refractivity contribution in [2.24, 2.45) is 0 Å². The lowest BCUT2D eigenvalue weighted by molar-refractivity contribution is 0.0960. The lowest BCUT2D eigenvalue weighted by Crippen LogP contribution is -2.26. The highest BCUT2D eigenvalue weighted by Crippen LogP contribution is 2.31. The summed E-state index contributed by atoms with van der Waals surface area (Å²) in [6.07, 6.45) is 3.81. The Bertz CT molecular complexity index is 895. The number of hydrogen-bond donors (Lipinski definition) is 0. The average molecular weight is 347 g/mol. The van der Waals surface area contributed by atoms with Crippen LogP contribution >= 0.6 is 22.9 Å². The second kappa shape index (κ2) is 6.07. The fraction of sp³-hybridized carbons (Fsp3) is 0.294. The molecule has 3 heterocycles. The topological polar surface area (TPSA) is 44.1 Å². The zero-order valence-electron chi connectivity index (χ0n) is 12.4. The van der Waals surface area contributed by atoms with Crippen molar-refractivity contribution in [3.63, 3.8) is 0 Å². The quantitative estimate of drug-likeness (QED) is 0.721. The van der Waals surface area contributed by atoms with Crippen LogP contribution in [0.3, 0.4) is 0 Å². The number of nitrogens with zero attached hydrogens (tertiary/aromatic N) is 2. The lowest BCUT2D eigenvalue weighted by Gasteiger charge is -2.11. The molecular weight excluding hydrogens is 332 g/mol. The number of aromatic nitrogens is 2. The Morgan fingerprint density at radius 1 is 1.35 bits per heavy atom. The highest BCUT2D eigenvalue weighted by molar-refractivity contribution is 7.17. The van der Waals surface area contributed by atoms with Gasteiger partial charge in [-0.2, -0.15) is 0 Å². The predicted octanol–water partition coefficient (Wildman–Crippen LogP) is 3.96. The minimum atomic E-state index is -0.00306. The molecule has 0 amide bonds. The summed E-state index contributed by atoms with van der Waals surface area (Å²) in [5.41, 5.74) is 1.90. The second-order valence-electron chi connectivity index (χ2n) is 5.67. The van der Waals surface area contributed by atoms with E-state index in [1.165, 1.54) is 11.3 Å². The molecule has 1 aromatic carbocycles. The van der Waals surface area contributed by atoms with Gasteiger partial charge in [0.2, 0.25) is 0 Å². The van der Waals surface area contributed by atoms with Crippen molar-refractivity contribution in [3.05, 3.63) is 51.3 Å². The first-order valence-electron chi connectivity index (χ1n) is 7.56. The van der Waals surface area contributed by atoms with E-state index in [0.717, 1.165) is 35.4 Å². The van der Waals surface area contributed by atoms with E-state index in [0.29, 0.717) is 17.0 Å². The average Bonchev–Trinajstić information content (AvgIpc) is 3.21. The van der Waals surface area contributed by atoms with Gasteiger partial charge in [0.15, 0.2) is 0 Å². The third-order valence-corrected chi connectivity index (χ3v) is 5.28. The number of ether oxygens (including phenoxy) is 1. The summed E-state index contributed by atoms with van der Waals surface area (Å²) in [7, 11) is 0. The van der Waals surface area contributed by atoms with Crippen LogP contribution in [0.25, 0.3) is 21.3 Å². The molecule has 0 N–H and O–H groups in total. The highest BCUT2D eigenvalue weighted by atomic mass is 35.5. The van der Waals surface area contributed by atoms with Gasteiger partial charge in [-0.1, -0.05) is 23.7 Å². The molecule has 1 saturated heterocycles. The number of benzene rings is 1. The molecular formula is C17H15ClN2O2S. The summed E-state index contributed by atoms with van der Waals surface area (Å²) >= 11 is 7.44. The molecule has 2 aromatic heterocycles. The minimum Gasteiger partial charge on any atom is -0.376 e. The van der Waals surface area contributed by atoms with Crippen LogP contribution in [-0.4, -0.2) is 22.3 Å². The van der Waals surface area contributed by atoms with Crippen LogP contribution < -0.4 is 5.56 Å². The van der Waals surface area contributed by atoms with Crippen molar-refractivity contribution in [1.29, 1.82) is 0 Å². The molecule has 1 unspecified atom stereocenters. The van der Waals surface area contributed by atoms with Gasteiger partial charge in [0.25, 0.3) is 5.56 Å². The highest BCUT2D eigenvalue weighted by Gasteiger charge is 2.19. The molecule has 4 rings (SSSR count). The van der Waals surface area contributed by atoms with Crippen LogP contribution in [0.1, 0.15) is 12.8 Å². The van der Waals surface area contributed by atoms with Crippen LogP contribution in [0.4, 0.5) is 0 Å². The van der Waals surface area contributed by atoms with E-state index < -0.39 is 0 Å². The molecule has 4 nitrogen and oxygen atoms in total. The molecule has 118 valence electrons. The standard InChI is InChI=1S/C17H15ClN2O2S/c18-12-5-3-11(4-6-12)14-9-23-16-15(14)17(21)20(10-19-16)8-13-2-1-7-22-13/h3-6,9-10,13H,1-2,7-8H2. The van der Waals surface area contributed by atoms with E-state index in [1.54, 1.807) is 10.9 Å². The third kappa shape index (κ3) is 2.80. The Balaban J connectivity index is 1.80. The van der Waals surface area contributed by atoms with Crippen molar-refractivity contribution in [2.45, 2.75) is 25.5 Å².